The molecular formula is C31H36N2O8S2. The molecular weight excluding hydrogens is 592 g/mol. The van der Waals surface area contributed by atoms with Gasteiger partial charge in [-0.05, 0) is 66.8 Å². The van der Waals surface area contributed by atoms with Crippen molar-refractivity contribution in [1.82, 2.24) is 0 Å². The number of carbonyl (C=O) groups excluding carboxylic acids is 1. The first-order valence-corrected chi connectivity index (χ1v) is 17.0. The van der Waals surface area contributed by atoms with Crippen molar-refractivity contribution < 1.29 is 35.5 Å². The van der Waals surface area contributed by atoms with Crippen LogP contribution in [0.3, 0.4) is 0 Å². The molecule has 10 nitrogen and oxygen atoms in total. The van der Waals surface area contributed by atoms with E-state index in [9.17, 15) is 30.7 Å². The number of anilines is 1. The zero-order valence-corrected chi connectivity index (χ0v) is 25.8. The van der Waals surface area contributed by atoms with E-state index in [-0.39, 0.29) is 24.4 Å². The van der Waals surface area contributed by atoms with Crippen LogP contribution in [0.4, 0.5) is 5.69 Å². The van der Waals surface area contributed by atoms with Crippen molar-refractivity contribution in [3.8, 4) is 11.5 Å². The molecule has 1 aliphatic heterocycles. The fourth-order valence-corrected chi connectivity index (χ4v) is 6.51. The molecule has 230 valence electrons. The van der Waals surface area contributed by atoms with Crippen molar-refractivity contribution in [2.24, 2.45) is 5.73 Å². The first-order valence-electron chi connectivity index (χ1n) is 14.1. The summed E-state index contributed by atoms with van der Waals surface area (Å²) in [4.78, 5) is 10.9. The summed E-state index contributed by atoms with van der Waals surface area (Å²) in [6.07, 6.45) is 5.06. The van der Waals surface area contributed by atoms with Gasteiger partial charge in [0.2, 0.25) is 5.91 Å². The second-order valence-corrected chi connectivity index (χ2v) is 13.3. The summed E-state index contributed by atoms with van der Waals surface area (Å²) in [5.74, 6) is 0.486. The molecule has 0 saturated heterocycles. The van der Waals surface area contributed by atoms with E-state index in [4.69, 9.17) is 10.5 Å². The van der Waals surface area contributed by atoms with Crippen LogP contribution in [0.15, 0.2) is 52.3 Å². The third kappa shape index (κ3) is 7.00. The minimum absolute atomic E-state index is 0.0142. The van der Waals surface area contributed by atoms with Gasteiger partial charge in [0.25, 0.3) is 20.2 Å². The van der Waals surface area contributed by atoms with E-state index in [0.29, 0.717) is 40.0 Å². The molecule has 0 spiro atoms. The molecule has 4 rings (SSSR count). The van der Waals surface area contributed by atoms with Gasteiger partial charge in [-0.3, -0.25) is 13.9 Å². The van der Waals surface area contributed by atoms with Gasteiger partial charge < -0.3 is 15.8 Å². The Hall–Kier alpha value is -3.55. The van der Waals surface area contributed by atoms with Gasteiger partial charge in [0, 0.05) is 52.2 Å². The number of nitrogens with two attached hydrogens (primary N) is 1. The molecule has 5 N–H and O–H groups in total. The average molecular weight is 629 g/mol. The molecule has 1 amide bonds. The lowest BCUT2D eigenvalue weighted by molar-refractivity contribution is -0.116. The maximum atomic E-state index is 12.7. The third-order valence-corrected chi connectivity index (χ3v) is 9.10. The Morgan fingerprint density at radius 2 is 1.60 bits per heavy atom. The molecule has 3 aromatic rings. The van der Waals surface area contributed by atoms with Crippen molar-refractivity contribution in [2.45, 2.75) is 68.6 Å². The molecule has 0 aromatic heterocycles. The van der Waals surface area contributed by atoms with Crippen LogP contribution in [-0.4, -0.2) is 38.4 Å². The Morgan fingerprint density at radius 1 is 0.930 bits per heavy atom. The van der Waals surface area contributed by atoms with E-state index >= 15 is 0 Å². The van der Waals surface area contributed by atoms with Crippen LogP contribution in [0.5, 0.6) is 11.5 Å². The highest BCUT2D eigenvalue weighted by Crippen LogP contribution is 2.41. The molecule has 3 aromatic carbocycles. The smallest absolute Gasteiger partial charge is 0.295 e. The number of ether oxygens (including phenoxy) is 1. The normalized spacial score (nSPS) is 12.8. The third-order valence-electron chi connectivity index (χ3n) is 7.35. The number of carbonyl (C=O) groups is 1. The maximum absolute atomic E-state index is 12.7. The SMILES string of the molecule is C=c1c(CCCC)cc2c(c1CCCC)Oc1cc(NC(=O)CCN)ccc1C=2c1ccc(S(=O)(=O)O)cc1S(=O)(=O)O. The number of nitrogens with one attached hydrogen (secondary N) is 1. The van der Waals surface area contributed by atoms with Crippen LogP contribution in [-0.2, 0) is 37.9 Å². The molecule has 12 heteroatoms. The number of fused-ring (bicyclic) bond motifs is 2. The molecule has 43 heavy (non-hydrogen) atoms. The van der Waals surface area contributed by atoms with Crippen LogP contribution >= 0.6 is 0 Å². The molecule has 0 radical (unpaired) electrons. The minimum atomic E-state index is -4.98. The predicted octanol–water partition coefficient (Wildman–Crippen LogP) is 3.92. The van der Waals surface area contributed by atoms with Gasteiger partial charge >= 0.3 is 0 Å². The molecule has 0 aliphatic carbocycles. The highest BCUT2D eigenvalue weighted by molar-refractivity contribution is 7.86. The first kappa shape index (κ1) is 32.4. The highest BCUT2D eigenvalue weighted by Gasteiger charge is 2.29. The van der Waals surface area contributed by atoms with Gasteiger partial charge in [0.1, 0.15) is 16.4 Å². The Labute approximate surface area is 251 Å². The predicted molar refractivity (Wildman–Crippen MR) is 165 cm³/mol. The summed E-state index contributed by atoms with van der Waals surface area (Å²) in [7, 11) is -9.76. The lowest BCUT2D eigenvalue weighted by atomic mass is 9.88. The summed E-state index contributed by atoms with van der Waals surface area (Å²) < 4.78 is 75.5. The van der Waals surface area contributed by atoms with E-state index in [1.165, 1.54) is 6.07 Å². The van der Waals surface area contributed by atoms with Crippen LogP contribution in [0.2, 0.25) is 0 Å². The van der Waals surface area contributed by atoms with Gasteiger partial charge in [-0.1, -0.05) is 39.3 Å². The van der Waals surface area contributed by atoms with Gasteiger partial charge in [-0.2, -0.15) is 16.8 Å². The Balaban J connectivity index is 2.15. The van der Waals surface area contributed by atoms with Crippen molar-refractivity contribution in [1.29, 1.82) is 0 Å². The fraction of sp³-hybridized carbons (Fsp3) is 0.323. The van der Waals surface area contributed by atoms with Crippen molar-refractivity contribution in [2.75, 3.05) is 11.9 Å². The van der Waals surface area contributed by atoms with E-state index in [1.54, 1.807) is 18.2 Å². The van der Waals surface area contributed by atoms with E-state index < -0.39 is 30.0 Å². The second kappa shape index (κ2) is 13.0. The topological polar surface area (TPSA) is 173 Å². The number of rotatable bonds is 12. The van der Waals surface area contributed by atoms with Crippen molar-refractivity contribution in [3.63, 3.8) is 0 Å². The average Bonchev–Trinajstić information content (AvgIpc) is 2.93. The number of unbranched alkanes of at least 4 members (excludes halogenated alkanes) is 2. The Bertz CT molecular complexity index is 1900. The minimum Gasteiger partial charge on any atom is -0.456 e. The lowest BCUT2D eigenvalue weighted by Gasteiger charge is -2.26. The quantitative estimate of drug-likeness (QED) is 0.170. The number of aryl methyl sites for hydroxylation is 1. The summed E-state index contributed by atoms with van der Waals surface area (Å²) in [6.45, 7) is 8.69. The molecule has 0 unspecified atom stereocenters. The molecule has 0 fully saturated rings. The lowest BCUT2D eigenvalue weighted by Crippen LogP contribution is -2.27. The summed E-state index contributed by atoms with van der Waals surface area (Å²) in [5, 5.41) is 4.16. The number of hydrogen-bond donors (Lipinski definition) is 4. The maximum Gasteiger partial charge on any atom is 0.295 e. The first-order chi connectivity index (χ1) is 20.3. The fourth-order valence-electron chi connectivity index (χ4n) is 5.20. The van der Waals surface area contributed by atoms with Crippen LogP contribution in [0.25, 0.3) is 12.2 Å². The highest BCUT2D eigenvalue weighted by atomic mass is 32.2. The van der Waals surface area contributed by atoms with E-state index in [2.05, 4.69) is 25.7 Å². The van der Waals surface area contributed by atoms with Gasteiger partial charge in [-0.25, -0.2) is 0 Å². The standard InChI is InChI=1S/C31H36N2O8S2/c1-4-6-8-20-16-26-30(25-13-11-22(42(35,36)37)18-28(25)43(38,39)40)24-12-10-21(33-29(34)14-15-32)17-27(24)41-31(26)23(19(20)3)9-7-5-2/h10-13,16-18H,3-9,14-15,32H2,1-2H3,(H,33,34)(H,35,36,37)(H,38,39,40). The largest absolute Gasteiger partial charge is 0.456 e. The molecule has 0 atom stereocenters. The Kier molecular flexibility index (Phi) is 9.77. The van der Waals surface area contributed by atoms with E-state index in [1.807, 2.05) is 6.07 Å². The second-order valence-electron chi connectivity index (χ2n) is 10.5. The van der Waals surface area contributed by atoms with Crippen molar-refractivity contribution in [3.05, 3.63) is 75.2 Å². The number of amides is 1. The number of hydrogen-bond acceptors (Lipinski definition) is 7. The molecule has 1 heterocycles. The number of benzene rings is 3. The van der Waals surface area contributed by atoms with Crippen LogP contribution < -0.4 is 26.2 Å². The molecule has 0 bridgehead atoms. The molecule has 1 aliphatic rings. The van der Waals surface area contributed by atoms with Gasteiger partial charge in [-0.15, -0.1) is 0 Å². The van der Waals surface area contributed by atoms with Crippen molar-refractivity contribution >= 4 is 44.0 Å². The summed E-state index contributed by atoms with van der Waals surface area (Å²) in [5.41, 5.74) is 8.60. The Morgan fingerprint density at radius 3 is 2.23 bits per heavy atom. The monoisotopic (exact) mass is 628 g/mol. The summed E-state index contributed by atoms with van der Waals surface area (Å²) >= 11 is 0. The zero-order valence-electron chi connectivity index (χ0n) is 24.1. The van der Waals surface area contributed by atoms with Crippen LogP contribution in [0.1, 0.15) is 68.2 Å². The van der Waals surface area contributed by atoms with E-state index in [0.717, 1.165) is 60.6 Å². The van der Waals surface area contributed by atoms with Gasteiger partial charge in [0.05, 0.1) is 4.90 Å². The van der Waals surface area contributed by atoms with Crippen LogP contribution in [0, 0.1) is 0 Å². The van der Waals surface area contributed by atoms with Gasteiger partial charge in [0.15, 0.2) is 0 Å². The molecule has 0 saturated carbocycles. The zero-order chi connectivity index (χ0) is 31.5. The summed E-state index contributed by atoms with van der Waals surface area (Å²) in [6, 6.07) is 9.86.